The van der Waals surface area contributed by atoms with E-state index in [1.54, 1.807) is 36.4 Å². The van der Waals surface area contributed by atoms with Crippen molar-refractivity contribution in [2.24, 2.45) is 0 Å². The SMILES string of the molecule is Cc1cc(/C=C/C(=O)c2ccc(N)cc2)c(OC(C)C)cc1OC(C)C. The Labute approximate surface area is 155 Å². The number of ether oxygens (including phenoxy) is 2. The third-order valence-corrected chi connectivity index (χ3v) is 3.64. The highest BCUT2D eigenvalue weighted by atomic mass is 16.5. The fraction of sp³-hybridized carbons (Fsp3) is 0.318. The van der Waals surface area contributed by atoms with Gasteiger partial charge >= 0.3 is 0 Å². The first-order valence-corrected chi connectivity index (χ1v) is 8.82. The number of benzene rings is 2. The van der Waals surface area contributed by atoms with Crippen LogP contribution in [0.4, 0.5) is 5.69 Å². The van der Waals surface area contributed by atoms with Gasteiger partial charge in [0.1, 0.15) is 11.5 Å². The number of nitrogens with two attached hydrogens (primary N) is 1. The molecule has 0 aromatic heterocycles. The van der Waals surface area contributed by atoms with Gasteiger partial charge in [-0.25, -0.2) is 0 Å². The van der Waals surface area contributed by atoms with Crippen LogP contribution >= 0.6 is 0 Å². The molecule has 0 saturated heterocycles. The number of carbonyl (C=O) groups is 1. The van der Waals surface area contributed by atoms with E-state index in [1.807, 2.05) is 46.8 Å². The van der Waals surface area contributed by atoms with E-state index in [0.717, 1.165) is 16.9 Å². The number of allylic oxidation sites excluding steroid dienone is 1. The molecule has 0 aliphatic carbocycles. The van der Waals surface area contributed by atoms with Crippen LogP contribution in [0.5, 0.6) is 11.5 Å². The molecule has 2 aromatic carbocycles. The van der Waals surface area contributed by atoms with E-state index in [4.69, 9.17) is 15.2 Å². The molecule has 2 N–H and O–H groups in total. The third-order valence-electron chi connectivity index (χ3n) is 3.64. The Bertz CT molecular complexity index is 790. The lowest BCUT2D eigenvalue weighted by molar-refractivity contribution is 0.104. The molecule has 0 radical (unpaired) electrons. The molecular formula is C22H27NO3. The Morgan fingerprint density at radius 2 is 1.54 bits per heavy atom. The largest absolute Gasteiger partial charge is 0.491 e. The van der Waals surface area contributed by atoms with Crippen molar-refractivity contribution in [3.8, 4) is 11.5 Å². The minimum Gasteiger partial charge on any atom is -0.491 e. The molecule has 0 heterocycles. The van der Waals surface area contributed by atoms with Gasteiger partial charge in [0.05, 0.1) is 12.2 Å². The van der Waals surface area contributed by atoms with E-state index in [-0.39, 0.29) is 18.0 Å². The third kappa shape index (κ3) is 5.38. The standard InChI is InChI=1S/C22H27NO3/c1-14(2)25-21-13-22(26-15(3)4)18(12-16(21)5)8-11-20(24)17-6-9-19(23)10-7-17/h6-15H,23H2,1-5H3/b11-8+. The van der Waals surface area contributed by atoms with E-state index in [0.29, 0.717) is 17.0 Å². The number of anilines is 1. The van der Waals surface area contributed by atoms with Crippen molar-refractivity contribution in [2.45, 2.75) is 46.8 Å². The maximum Gasteiger partial charge on any atom is 0.185 e. The Morgan fingerprint density at radius 1 is 0.962 bits per heavy atom. The van der Waals surface area contributed by atoms with Gasteiger partial charge in [0.15, 0.2) is 5.78 Å². The molecule has 0 saturated carbocycles. The van der Waals surface area contributed by atoms with Crippen molar-refractivity contribution in [3.63, 3.8) is 0 Å². The molecule has 0 aliphatic rings. The average molecular weight is 353 g/mol. The smallest absolute Gasteiger partial charge is 0.185 e. The molecule has 138 valence electrons. The van der Waals surface area contributed by atoms with Crippen LogP contribution in [0.2, 0.25) is 0 Å². The van der Waals surface area contributed by atoms with Crippen LogP contribution < -0.4 is 15.2 Å². The van der Waals surface area contributed by atoms with E-state index >= 15 is 0 Å². The summed E-state index contributed by atoms with van der Waals surface area (Å²) in [4.78, 5) is 12.4. The molecule has 0 aliphatic heterocycles. The first-order chi connectivity index (χ1) is 12.3. The number of hydrogen-bond donors (Lipinski definition) is 1. The van der Waals surface area contributed by atoms with Gasteiger partial charge < -0.3 is 15.2 Å². The quantitative estimate of drug-likeness (QED) is 0.430. The molecular weight excluding hydrogens is 326 g/mol. The van der Waals surface area contributed by atoms with E-state index < -0.39 is 0 Å². The van der Waals surface area contributed by atoms with Crippen molar-refractivity contribution in [1.29, 1.82) is 0 Å². The summed E-state index contributed by atoms with van der Waals surface area (Å²) in [7, 11) is 0. The Hall–Kier alpha value is -2.75. The Morgan fingerprint density at radius 3 is 2.12 bits per heavy atom. The number of nitrogen functional groups attached to an aromatic ring is 1. The lowest BCUT2D eigenvalue weighted by Crippen LogP contribution is -2.10. The van der Waals surface area contributed by atoms with Gasteiger partial charge in [-0.15, -0.1) is 0 Å². The van der Waals surface area contributed by atoms with Crippen LogP contribution in [-0.4, -0.2) is 18.0 Å². The Balaban J connectivity index is 2.32. The van der Waals surface area contributed by atoms with Gasteiger partial charge in [0.2, 0.25) is 0 Å². The van der Waals surface area contributed by atoms with E-state index in [9.17, 15) is 4.79 Å². The molecule has 0 spiro atoms. The summed E-state index contributed by atoms with van der Waals surface area (Å²) in [6, 6.07) is 10.7. The summed E-state index contributed by atoms with van der Waals surface area (Å²) < 4.78 is 11.8. The summed E-state index contributed by atoms with van der Waals surface area (Å²) in [6.07, 6.45) is 3.43. The molecule has 0 unspecified atom stereocenters. The first-order valence-electron chi connectivity index (χ1n) is 8.82. The van der Waals surface area contributed by atoms with Gasteiger partial charge in [-0.1, -0.05) is 0 Å². The lowest BCUT2D eigenvalue weighted by atomic mass is 10.1. The number of hydrogen-bond acceptors (Lipinski definition) is 4. The normalized spacial score (nSPS) is 11.3. The van der Waals surface area contributed by atoms with Crippen LogP contribution in [0.15, 0.2) is 42.5 Å². The highest BCUT2D eigenvalue weighted by Gasteiger charge is 2.11. The summed E-state index contributed by atoms with van der Waals surface area (Å²) in [5, 5.41) is 0. The second-order valence-electron chi connectivity index (χ2n) is 6.81. The predicted octanol–water partition coefficient (Wildman–Crippen LogP) is 5.05. The van der Waals surface area contributed by atoms with E-state index in [2.05, 4.69) is 0 Å². The zero-order valence-electron chi connectivity index (χ0n) is 16.1. The average Bonchev–Trinajstić information content (AvgIpc) is 2.55. The minimum absolute atomic E-state index is 0.0181. The molecule has 2 rings (SSSR count). The summed E-state index contributed by atoms with van der Waals surface area (Å²) in [6.45, 7) is 9.89. The molecule has 0 atom stereocenters. The molecule has 2 aromatic rings. The highest BCUT2D eigenvalue weighted by Crippen LogP contribution is 2.31. The molecule has 4 heteroatoms. The van der Waals surface area contributed by atoms with Crippen LogP contribution in [0.3, 0.4) is 0 Å². The van der Waals surface area contributed by atoms with Gasteiger partial charge in [-0.3, -0.25) is 4.79 Å². The fourth-order valence-corrected chi connectivity index (χ4v) is 2.47. The molecule has 4 nitrogen and oxygen atoms in total. The van der Waals surface area contributed by atoms with Crippen LogP contribution in [0, 0.1) is 6.92 Å². The molecule has 0 fully saturated rings. The minimum atomic E-state index is -0.0827. The number of ketones is 1. The monoisotopic (exact) mass is 353 g/mol. The topological polar surface area (TPSA) is 61.6 Å². The lowest BCUT2D eigenvalue weighted by Gasteiger charge is -2.18. The van der Waals surface area contributed by atoms with Gasteiger partial charge in [0, 0.05) is 22.9 Å². The van der Waals surface area contributed by atoms with Crippen LogP contribution in [0.1, 0.15) is 49.2 Å². The molecule has 26 heavy (non-hydrogen) atoms. The van der Waals surface area contributed by atoms with Crippen molar-refractivity contribution in [3.05, 3.63) is 59.2 Å². The van der Waals surface area contributed by atoms with Crippen LogP contribution in [-0.2, 0) is 0 Å². The Kier molecular flexibility index (Phi) is 6.45. The second kappa shape index (κ2) is 8.56. The van der Waals surface area contributed by atoms with Gasteiger partial charge in [0.25, 0.3) is 0 Å². The fourth-order valence-electron chi connectivity index (χ4n) is 2.47. The van der Waals surface area contributed by atoms with Gasteiger partial charge in [-0.05, 0) is 82.7 Å². The van der Waals surface area contributed by atoms with E-state index in [1.165, 1.54) is 0 Å². The molecule has 0 amide bonds. The van der Waals surface area contributed by atoms with Crippen molar-refractivity contribution in [2.75, 3.05) is 5.73 Å². The van der Waals surface area contributed by atoms with Crippen molar-refractivity contribution in [1.82, 2.24) is 0 Å². The second-order valence-corrected chi connectivity index (χ2v) is 6.81. The summed E-state index contributed by atoms with van der Waals surface area (Å²) in [5.74, 6) is 1.40. The van der Waals surface area contributed by atoms with Gasteiger partial charge in [-0.2, -0.15) is 0 Å². The maximum atomic E-state index is 12.4. The zero-order chi connectivity index (χ0) is 19.3. The van der Waals surface area contributed by atoms with Crippen molar-refractivity contribution >= 4 is 17.5 Å². The zero-order valence-corrected chi connectivity index (χ0v) is 16.1. The summed E-state index contributed by atoms with van der Waals surface area (Å²) >= 11 is 0. The maximum absolute atomic E-state index is 12.4. The van der Waals surface area contributed by atoms with Crippen molar-refractivity contribution < 1.29 is 14.3 Å². The first kappa shape index (κ1) is 19.6. The summed E-state index contributed by atoms with van der Waals surface area (Å²) in [5.41, 5.74) is 8.73. The predicted molar refractivity (Wildman–Crippen MR) is 107 cm³/mol. The van der Waals surface area contributed by atoms with Crippen LogP contribution in [0.25, 0.3) is 6.08 Å². The number of carbonyl (C=O) groups excluding carboxylic acids is 1. The number of aryl methyl sites for hydroxylation is 1. The number of rotatable bonds is 7. The highest BCUT2D eigenvalue weighted by molar-refractivity contribution is 6.07. The molecule has 0 bridgehead atoms.